The second kappa shape index (κ2) is 5.06. The zero-order valence-electron chi connectivity index (χ0n) is 12.6. The molecule has 20 heavy (non-hydrogen) atoms. The highest BCUT2D eigenvalue weighted by Gasteiger charge is 2.34. The Kier molecular flexibility index (Phi) is 3.38. The molecule has 1 heterocycles. The fourth-order valence-electron chi connectivity index (χ4n) is 3.25. The van der Waals surface area contributed by atoms with E-state index in [4.69, 9.17) is 0 Å². The Hall–Kier alpha value is -1.61. The first-order chi connectivity index (χ1) is 9.59. The number of nitrogens with one attached hydrogen (secondary N) is 1. The Morgan fingerprint density at radius 2 is 2.05 bits per heavy atom. The van der Waals surface area contributed by atoms with Crippen LogP contribution in [-0.4, -0.2) is 16.8 Å². The van der Waals surface area contributed by atoms with Crippen LogP contribution in [0.5, 0.6) is 0 Å². The second-order valence-corrected chi connectivity index (χ2v) is 6.58. The normalized spacial score (nSPS) is 20.6. The molecule has 1 aromatic heterocycles. The molecule has 0 radical (unpaired) electrons. The van der Waals surface area contributed by atoms with Gasteiger partial charge >= 0.3 is 0 Å². The zero-order chi connectivity index (χ0) is 14.2. The maximum absolute atomic E-state index is 4.63. The molecular formula is C17H23N3. The molecule has 3 heteroatoms. The fraction of sp³-hybridized carbons (Fsp3) is 0.471. The molecule has 3 rings (SSSR count). The summed E-state index contributed by atoms with van der Waals surface area (Å²) in [6.07, 6.45) is 4.33. The third kappa shape index (κ3) is 2.50. The van der Waals surface area contributed by atoms with E-state index >= 15 is 0 Å². The molecule has 0 bridgehead atoms. The van der Waals surface area contributed by atoms with Gasteiger partial charge in [-0.3, -0.25) is 4.68 Å². The van der Waals surface area contributed by atoms with Crippen molar-refractivity contribution < 1.29 is 0 Å². The minimum absolute atomic E-state index is 0.329. The fourth-order valence-corrected chi connectivity index (χ4v) is 3.25. The highest BCUT2D eigenvalue weighted by molar-refractivity contribution is 5.28. The Morgan fingerprint density at radius 1 is 1.30 bits per heavy atom. The molecule has 0 aliphatic heterocycles. The summed E-state index contributed by atoms with van der Waals surface area (Å²) in [4.78, 5) is 0. The van der Waals surface area contributed by atoms with Crippen LogP contribution in [0.2, 0.25) is 0 Å². The van der Waals surface area contributed by atoms with Crippen LogP contribution in [0, 0.1) is 5.41 Å². The average molecular weight is 269 g/mol. The summed E-state index contributed by atoms with van der Waals surface area (Å²) in [6.45, 7) is 5.56. The van der Waals surface area contributed by atoms with Crippen LogP contribution in [0.25, 0.3) is 0 Å². The second-order valence-electron chi connectivity index (χ2n) is 6.58. The van der Waals surface area contributed by atoms with Crippen LogP contribution in [0.3, 0.4) is 0 Å². The minimum Gasteiger partial charge on any atom is -0.313 e. The highest BCUT2D eigenvalue weighted by atomic mass is 15.3. The third-order valence-electron chi connectivity index (χ3n) is 4.28. The summed E-state index contributed by atoms with van der Waals surface area (Å²) < 4.78 is 2.18. The van der Waals surface area contributed by atoms with Gasteiger partial charge in [-0.2, -0.15) is 5.10 Å². The topological polar surface area (TPSA) is 29.9 Å². The average Bonchev–Trinajstić information content (AvgIpc) is 2.81. The number of aromatic nitrogens is 2. The predicted molar refractivity (Wildman–Crippen MR) is 81.7 cm³/mol. The van der Waals surface area contributed by atoms with Crippen molar-refractivity contribution in [2.45, 2.75) is 39.3 Å². The van der Waals surface area contributed by atoms with Gasteiger partial charge in [-0.15, -0.1) is 0 Å². The largest absolute Gasteiger partial charge is 0.313 e. The van der Waals surface area contributed by atoms with Crippen molar-refractivity contribution in [3.05, 3.63) is 53.3 Å². The molecular weight excluding hydrogens is 246 g/mol. The van der Waals surface area contributed by atoms with E-state index in [1.807, 2.05) is 7.05 Å². The van der Waals surface area contributed by atoms with E-state index in [2.05, 4.69) is 65.5 Å². The van der Waals surface area contributed by atoms with Gasteiger partial charge in [0.15, 0.2) is 0 Å². The molecule has 106 valence electrons. The monoisotopic (exact) mass is 269 g/mol. The summed E-state index contributed by atoms with van der Waals surface area (Å²) in [7, 11) is 2.05. The van der Waals surface area contributed by atoms with E-state index in [0.29, 0.717) is 11.5 Å². The molecule has 1 aromatic carbocycles. The first-order valence-corrected chi connectivity index (χ1v) is 7.35. The van der Waals surface area contributed by atoms with Crippen molar-refractivity contribution in [3.63, 3.8) is 0 Å². The number of fused-ring (bicyclic) bond motifs is 1. The number of hydrogen-bond acceptors (Lipinski definition) is 2. The van der Waals surface area contributed by atoms with Gasteiger partial charge in [0.05, 0.1) is 12.7 Å². The van der Waals surface area contributed by atoms with E-state index < -0.39 is 0 Å². The number of rotatable bonds is 3. The first-order valence-electron chi connectivity index (χ1n) is 7.35. The van der Waals surface area contributed by atoms with Gasteiger partial charge in [0.25, 0.3) is 0 Å². The van der Waals surface area contributed by atoms with E-state index in [1.165, 1.54) is 23.2 Å². The minimum atomic E-state index is 0.329. The molecule has 0 amide bonds. The number of hydrogen-bond donors (Lipinski definition) is 1. The standard InChI is InChI=1S/C17H23N3/c1-17(2)9-15(18-3)14-11-19-20(16(14)10-17)12-13-7-5-4-6-8-13/h4-8,11,15,18H,9-10,12H2,1-3H3. The zero-order valence-corrected chi connectivity index (χ0v) is 12.6. The van der Waals surface area contributed by atoms with Crippen LogP contribution in [0.15, 0.2) is 36.5 Å². The molecule has 0 saturated carbocycles. The third-order valence-corrected chi connectivity index (χ3v) is 4.28. The predicted octanol–water partition coefficient (Wildman–Crippen LogP) is 3.16. The maximum Gasteiger partial charge on any atom is 0.0662 e. The van der Waals surface area contributed by atoms with Crippen LogP contribution in [-0.2, 0) is 13.0 Å². The Bertz CT molecular complexity index is 584. The molecule has 0 saturated heterocycles. The molecule has 1 aliphatic carbocycles. The van der Waals surface area contributed by atoms with Crippen LogP contribution < -0.4 is 5.32 Å². The van der Waals surface area contributed by atoms with E-state index in [1.54, 1.807) is 0 Å². The van der Waals surface area contributed by atoms with Crippen LogP contribution in [0.4, 0.5) is 0 Å². The molecule has 1 unspecified atom stereocenters. The van der Waals surface area contributed by atoms with Crippen molar-refractivity contribution >= 4 is 0 Å². The van der Waals surface area contributed by atoms with Crippen molar-refractivity contribution in [1.29, 1.82) is 0 Å². The Labute approximate surface area is 121 Å². The summed E-state index contributed by atoms with van der Waals surface area (Å²) in [6, 6.07) is 11.0. The molecule has 2 aromatic rings. The molecule has 0 spiro atoms. The van der Waals surface area contributed by atoms with Crippen LogP contribution >= 0.6 is 0 Å². The molecule has 1 aliphatic rings. The van der Waals surface area contributed by atoms with Crippen LogP contribution in [0.1, 0.15) is 43.1 Å². The van der Waals surface area contributed by atoms with Crippen molar-refractivity contribution in [2.75, 3.05) is 7.05 Å². The van der Waals surface area contributed by atoms with Gasteiger partial charge in [0.2, 0.25) is 0 Å². The summed E-state index contributed by atoms with van der Waals surface area (Å²) in [5.74, 6) is 0. The summed E-state index contributed by atoms with van der Waals surface area (Å²) in [5.41, 5.74) is 4.41. The van der Waals surface area contributed by atoms with Gasteiger partial charge in [-0.25, -0.2) is 0 Å². The lowest BCUT2D eigenvalue weighted by molar-refractivity contribution is 0.258. The van der Waals surface area contributed by atoms with Gasteiger partial charge in [-0.05, 0) is 30.9 Å². The van der Waals surface area contributed by atoms with Gasteiger partial charge in [0, 0.05) is 17.3 Å². The van der Waals surface area contributed by atoms with Gasteiger partial charge < -0.3 is 5.32 Å². The van der Waals surface area contributed by atoms with Crippen molar-refractivity contribution in [2.24, 2.45) is 5.41 Å². The van der Waals surface area contributed by atoms with E-state index in [9.17, 15) is 0 Å². The van der Waals surface area contributed by atoms with E-state index in [0.717, 1.165) is 13.0 Å². The van der Waals surface area contributed by atoms with Gasteiger partial charge in [0.1, 0.15) is 0 Å². The number of nitrogens with zero attached hydrogens (tertiary/aromatic N) is 2. The molecule has 3 nitrogen and oxygen atoms in total. The van der Waals surface area contributed by atoms with Crippen molar-refractivity contribution in [3.8, 4) is 0 Å². The SMILES string of the molecule is CNC1CC(C)(C)Cc2c1cnn2Cc1ccccc1. The molecule has 1 N–H and O–H groups in total. The summed E-state index contributed by atoms with van der Waals surface area (Å²) >= 11 is 0. The van der Waals surface area contributed by atoms with E-state index in [-0.39, 0.29) is 0 Å². The Balaban J connectivity index is 1.94. The quantitative estimate of drug-likeness (QED) is 0.927. The lowest BCUT2D eigenvalue weighted by atomic mass is 9.74. The first kappa shape index (κ1) is 13.4. The maximum atomic E-state index is 4.63. The number of benzene rings is 1. The smallest absolute Gasteiger partial charge is 0.0662 e. The highest BCUT2D eigenvalue weighted by Crippen LogP contribution is 2.40. The lowest BCUT2D eigenvalue weighted by Gasteiger charge is -2.35. The summed E-state index contributed by atoms with van der Waals surface area (Å²) in [5, 5.41) is 8.07. The molecule has 0 fully saturated rings. The lowest BCUT2D eigenvalue weighted by Crippen LogP contribution is -2.32. The Morgan fingerprint density at radius 3 is 2.75 bits per heavy atom. The van der Waals surface area contributed by atoms with Gasteiger partial charge in [-0.1, -0.05) is 44.2 Å². The van der Waals surface area contributed by atoms with Crippen molar-refractivity contribution in [1.82, 2.24) is 15.1 Å². The molecule has 1 atom stereocenters.